The van der Waals surface area contributed by atoms with E-state index in [-0.39, 0.29) is 22.5 Å². The van der Waals surface area contributed by atoms with Crippen LogP contribution in [0, 0.1) is 16.7 Å². The zero-order valence-corrected chi connectivity index (χ0v) is 14.0. The molecule has 0 spiro atoms. The van der Waals surface area contributed by atoms with Gasteiger partial charge in [-0.3, -0.25) is 10.2 Å². The van der Waals surface area contributed by atoms with E-state index in [0.717, 1.165) is 18.5 Å². The van der Waals surface area contributed by atoms with Crippen LogP contribution in [0.2, 0.25) is 0 Å². The van der Waals surface area contributed by atoms with Crippen molar-refractivity contribution in [2.75, 3.05) is 5.32 Å². The summed E-state index contributed by atoms with van der Waals surface area (Å²) in [7, 11) is 0. The van der Waals surface area contributed by atoms with Gasteiger partial charge in [0.2, 0.25) is 0 Å². The fourth-order valence-corrected chi connectivity index (χ4v) is 3.91. The summed E-state index contributed by atoms with van der Waals surface area (Å²) in [5.74, 6) is 0.390. The average Bonchev–Trinajstić information content (AvgIpc) is 2.79. The van der Waals surface area contributed by atoms with Crippen molar-refractivity contribution in [1.82, 2.24) is 5.43 Å². The van der Waals surface area contributed by atoms with Crippen LogP contribution in [0.25, 0.3) is 0 Å². The Kier molecular flexibility index (Phi) is 3.56. The van der Waals surface area contributed by atoms with Crippen molar-refractivity contribution in [3.05, 3.63) is 30.3 Å². The van der Waals surface area contributed by atoms with Gasteiger partial charge in [0.1, 0.15) is 5.71 Å². The summed E-state index contributed by atoms with van der Waals surface area (Å²) in [4.78, 5) is 12.6. The molecule has 0 radical (unpaired) electrons. The Morgan fingerprint density at radius 2 is 1.95 bits per heavy atom. The minimum absolute atomic E-state index is 0.0287. The number of Topliss-reactive ketones (excluding diaryl/α,β-unsaturated/α-hetero) is 1. The minimum Gasteiger partial charge on any atom is -0.331 e. The van der Waals surface area contributed by atoms with Crippen molar-refractivity contribution in [3.8, 4) is 0 Å². The highest BCUT2D eigenvalue weighted by atomic mass is 32.1. The largest absolute Gasteiger partial charge is 0.331 e. The Balaban J connectivity index is 1.72. The molecule has 0 aromatic heterocycles. The maximum atomic E-state index is 12.6. The molecule has 4 nitrogen and oxygen atoms in total. The lowest BCUT2D eigenvalue weighted by atomic mass is 9.70. The van der Waals surface area contributed by atoms with Crippen molar-refractivity contribution in [1.29, 1.82) is 0 Å². The van der Waals surface area contributed by atoms with E-state index < -0.39 is 0 Å². The number of rotatable bonds is 2. The fraction of sp³-hybridized carbons (Fsp3) is 0.471. The normalized spacial score (nSPS) is 30.6. The molecule has 22 heavy (non-hydrogen) atoms. The van der Waals surface area contributed by atoms with Gasteiger partial charge in [-0.05, 0) is 42.6 Å². The van der Waals surface area contributed by atoms with Crippen LogP contribution in [0.1, 0.15) is 33.6 Å². The highest BCUT2D eigenvalue weighted by Crippen LogP contribution is 2.62. The molecule has 0 heterocycles. The van der Waals surface area contributed by atoms with Crippen LogP contribution < -0.4 is 10.7 Å². The first-order valence-electron chi connectivity index (χ1n) is 7.61. The summed E-state index contributed by atoms with van der Waals surface area (Å²) in [6.45, 7) is 6.41. The number of carbonyl (C=O) groups is 1. The van der Waals surface area contributed by atoms with Gasteiger partial charge < -0.3 is 5.32 Å². The summed E-state index contributed by atoms with van der Waals surface area (Å²) < 4.78 is 0. The van der Waals surface area contributed by atoms with Crippen LogP contribution in [0.15, 0.2) is 35.4 Å². The lowest BCUT2D eigenvalue weighted by molar-refractivity contribution is -0.123. The van der Waals surface area contributed by atoms with Crippen LogP contribution >= 0.6 is 12.2 Å². The third-order valence-electron chi connectivity index (χ3n) is 5.60. The van der Waals surface area contributed by atoms with E-state index in [4.69, 9.17) is 12.2 Å². The van der Waals surface area contributed by atoms with Crippen molar-refractivity contribution in [2.24, 2.45) is 21.8 Å². The maximum absolute atomic E-state index is 12.6. The number of thiocarbonyl (C=S) groups is 1. The molecule has 2 N–H and O–H groups in total. The fourth-order valence-electron chi connectivity index (χ4n) is 3.75. The lowest BCUT2D eigenvalue weighted by Gasteiger charge is -2.31. The summed E-state index contributed by atoms with van der Waals surface area (Å²) in [6, 6.07) is 9.65. The average molecular weight is 315 g/mol. The summed E-state index contributed by atoms with van der Waals surface area (Å²) >= 11 is 5.24. The highest BCUT2D eigenvalue weighted by molar-refractivity contribution is 7.80. The number of fused-ring (bicyclic) bond motifs is 2. The molecule has 2 fully saturated rings. The molecule has 2 atom stereocenters. The Hall–Kier alpha value is -1.75. The Labute approximate surface area is 136 Å². The van der Waals surface area contributed by atoms with E-state index in [2.05, 4.69) is 36.6 Å². The second kappa shape index (κ2) is 5.16. The molecule has 2 unspecified atom stereocenters. The monoisotopic (exact) mass is 315 g/mol. The van der Waals surface area contributed by atoms with Gasteiger partial charge in [-0.15, -0.1) is 0 Å². The Bertz CT molecular complexity index is 653. The van der Waals surface area contributed by atoms with Gasteiger partial charge in [0.15, 0.2) is 10.9 Å². The zero-order valence-electron chi connectivity index (χ0n) is 13.1. The Morgan fingerprint density at radius 3 is 2.55 bits per heavy atom. The molecule has 2 saturated carbocycles. The quantitative estimate of drug-likeness (QED) is 0.649. The molecule has 1 aromatic carbocycles. The van der Waals surface area contributed by atoms with Crippen LogP contribution in [0.5, 0.6) is 0 Å². The number of hydrogen-bond acceptors (Lipinski definition) is 3. The second-order valence-corrected chi connectivity index (χ2v) is 7.31. The molecule has 3 rings (SSSR count). The van der Waals surface area contributed by atoms with E-state index in [9.17, 15) is 4.79 Å². The molecule has 5 heteroatoms. The van der Waals surface area contributed by atoms with Gasteiger partial charge in [-0.1, -0.05) is 39.0 Å². The third kappa shape index (κ3) is 2.15. The van der Waals surface area contributed by atoms with Crippen molar-refractivity contribution in [2.45, 2.75) is 33.6 Å². The van der Waals surface area contributed by atoms with Crippen molar-refractivity contribution in [3.63, 3.8) is 0 Å². The number of nitrogens with one attached hydrogen (secondary N) is 2. The van der Waals surface area contributed by atoms with Gasteiger partial charge in [-0.25, -0.2) is 0 Å². The molecule has 2 aliphatic rings. The number of benzene rings is 1. The van der Waals surface area contributed by atoms with E-state index in [1.165, 1.54) is 0 Å². The molecule has 1 aromatic rings. The molecule has 0 aliphatic heterocycles. The van der Waals surface area contributed by atoms with E-state index in [1.54, 1.807) is 0 Å². The first-order chi connectivity index (χ1) is 10.4. The van der Waals surface area contributed by atoms with Gasteiger partial charge in [0.05, 0.1) is 0 Å². The Morgan fingerprint density at radius 1 is 1.27 bits per heavy atom. The van der Waals surface area contributed by atoms with Crippen LogP contribution in [0.4, 0.5) is 5.69 Å². The predicted octanol–water partition coefficient (Wildman–Crippen LogP) is 3.35. The van der Waals surface area contributed by atoms with Crippen LogP contribution in [-0.2, 0) is 4.79 Å². The van der Waals surface area contributed by atoms with E-state index in [1.807, 2.05) is 30.3 Å². The molecular weight excluding hydrogens is 294 g/mol. The van der Waals surface area contributed by atoms with Gasteiger partial charge in [-0.2, -0.15) is 5.10 Å². The first kappa shape index (κ1) is 15.2. The number of hydrogen-bond donors (Lipinski definition) is 2. The van der Waals surface area contributed by atoms with Crippen molar-refractivity contribution < 1.29 is 4.79 Å². The summed E-state index contributed by atoms with van der Waals surface area (Å²) in [6.07, 6.45) is 1.98. The van der Waals surface area contributed by atoms with Gasteiger partial charge in [0.25, 0.3) is 0 Å². The number of hydrazone groups is 1. The lowest BCUT2D eigenvalue weighted by Crippen LogP contribution is -2.34. The molecule has 2 aliphatic carbocycles. The summed E-state index contributed by atoms with van der Waals surface area (Å²) in [5, 5.41) is 7.79. The molecular formula is C17H21N3OS. The predicted molar refractivity (Wildman–Crippen MR) is 92.9 cm³/mol. The summed E-state index contributed by atoms with van der Waals surface area (Å²) in [5.41, 5.74) is 4.06. The zero-order chi connectivity index (χ0) is 16.0. The van der Waals surface area contributed by atoms with Crippen LogP contribution in [0.3, 0.4) is 0 Å². The topological polar surface area (TPSA) is 53.5 Å². The molecule has 116 valence electrons. The molecule has 0 saturated heterocycles. The number of anilines is 1. The number of para-hydroxylation sites is 1. The van der Waals surface area contributed by atoms with Crippen molar-refractivity contribution >= 4 is 34.5 Å². The highest BCUT2D eigenvalue weighted by Gasteiger charge is 2.65. The number of carbonyl (C=O) groups excluding carboxylic acids is 1. The smallest absolute Gasteiger partial charge is 0.191 e. The van der Waals surface area contributed by atoms with E-state index >= 15 is 0 Å². The maximum Gasteiger partial charge on any atom is 0.191 e. The van der Waals surface area contributed by atoms with Gasteiger partial charge >= 0.3 is 0 Å². The van der Waals surface area contributed by atoms with E-state index in [0.29, 0.717) is 10.8 Å². The molecule has 2 bridgehead atoms. The SMILES string of the molecule is CC12CCC(/C(=N\NC(=S)Nc3ccccc3)C1=O)C2(C)C. The first-order valence-corrected chi connectivity index (χ1v) is 8.01. The standard InChI is InChI=1S/C17H21N3OS/c1-16(2)12-9-10-17(16,3)14(21)13(12)19-20-15(22)18-11-7-5-4-6-8-11/h4-8,12H,9-10H2,1-3H3,(H2,18,20,22)/b19-13+. The minimum atomic E-state index is -0.285. The van der Waals surface area contributed by atoms with Gasteiger partial charge in [0, 0.05) is 17.0 Å². The third-order valence-corrected chi connectivity index (χ3v) is 5.79. The molecule has 0 amide bonds. The second-order valence-electron chi connectivity index (χ2n) is 6.90. The number of nitrogens with zero attached hydrogens (tertiary/aromatic N) is 1. The number of ketones is 1. The van der Waals surface area contributed by atoms with Crippen LogP contribution in [-0.4, -0.2) is 16.6 Å².